The summed E-state index contributed by atoms with van der Waals surface area (Å²) in [5, 5.41) is 19.0. The first kappa shape index (κ1) is 11.2. The molecule has 0 unspecified atom stereocenters. The summed E-state index contributed by atoms with van der Waals surface area (Å²) >= 11 is 0. The molecule has 0 radical (unpaired) electrons. The minimum Gasteiger partial charge on any atom is -0.711 e. The SMILES string of the molecule is Cc1nnc[n+]([O-])c1CCN1CCOCC1. The Morgan fingerprint density at radius 2 is 2.25 bits per heavy atom. The maximum absolute atomic E-state index is 11.5. The number of nitrogens with zero attached hydrogens (tertiary/aromatic N) is 4. The summed E-state index contributed by atoms with van der Waals surface area (Å²) in [6, 6.07) is 0. The van der Waals surface area contributed by atoms with Crippen LogP contribution in [0.4, 0.5) is 0 Å². The third-order valence-corrected chi connectivity index (χ3v) is 2.82. The van der Waals surface area contributed by atoms with E-state index in [1.54, 1.807) is 0 Å². The smallest absolute Gasteiger partial charge is 0.317 e. The van der Waals surface area contributed by atoms with Gasteiger partial charge in [0.2, 0.25) is 0 Å². The third kappa shape index (κ3) is 2.65. The molecule has 1 fully saturated rings. The zero-order valence-corrected chi connectivity index (χ0v) is 9.43. The molecule has 6 nitrogen and oxygen atoms in total. The topological polar surface area (TPSA) is 65.2 Å². The van der Waals surface area contributed by atoms with Crippen molar-refractivity contribution in [1.29, 1.82) is 0 Å². The maximum atomic E-state index is 11.5. The molecule has 0 atom stereocenters. The zero-order chi connectivity index (χ0) is 11.4. The van der Waals surface area contributed by atoms with E-state index >= 15 is 0 Å². The van der Waals surface area contributed by atoms with Crippen molar-refractivity contribution in [3.05, 3.63) is 22.9 Å². The normalized spacial score (nSPS) is 17.6. The number of aryl methyl sites for hydroxylation is 1. The molecular formula is C10H16N4O2. The van der Waals surface area contributed by atoms with Crippen molar-refractivity contribution in [3.63, 3.8) is 0 Å². The zero-order valence-electron chi connectivity index (χ0n) is 9.43. The van der Waals surface area contributed by atoms with E-state index in [1.165, 1.54) is 6.33 Å². The summed E-state index contributed by atoms with van der Waals surface area (Å²) in [4.78, 5) is 2.30. The first-order valence-electron chi connectivity index (χ1n) is 5.48. The molecule has 0 amide bonds. The van der Waals surface area contributed by atoms with E-state index in [0.717, 1.165) is 37.6 Å². The van der Waals surface area contributed by atoms with Crippen LogP contribution in [0.2, 0.25) is 0 Å². The first-order chi connectivity index (χ1) is 7.77. The minimum atomic E-state index is 0.710. The summed E-state index contributed by atoms with van der Waals surface area (Å²) < 4.78 is 6.08. The Morgan fingerprint density at radius 3 is 2.94 bits per heavy atom. The van der Waals surface area contributed by atoms with E-state index in [1.807, 2.05) is 6.92 Å². The van der Waals surface area contributed by atoms with Crippen molar-refractivity contribution < 1.29 is 9.47 Å². The molecule has 0 saturated carbocycles. The predicted octanol–water partition coefficient (Wildman–Crippen LogP) is -0.707. The third-order valence-electron chi connectivity index (χ3n) is 2.82. The molecule has 88 valence electrons. The fourth-order valence-electron chi connectivity index (χ4n) is 1.83. The van der Waals surface area contributed by atoms with E-state index in [4.69, 9.17) is 4.74 Å². The largest absolute Gasteiger partial charge is 0.711 e. The summed E-state index contributed by atoms with van der Waals surface area (Å²) in [7, 11) is 0. The van der Waals surface area contributed by atoms with E-state index in [9.17, 15) is 5.21 Å². The molecule has 16 heavy (non-hydrogen) atoms. The average Bonchev–Trinajstić information content (AvgIpc) is 2.30. The van der Waals surface area contributed by atoms with Crippen LogP contribution in [0.25, 0.3) is 0 Å². The fraction of sp³-hybridized carbons (Fsp3) is 0.700. The lowest BCUT2D eigenvalue weighted by atomic mass is 10.2. The molecule has 1 saturated heterocycles. The van der Waals surface area contributed by atoms with Crippen LogP contribution in [0, 0.1) is 12.1 Å². The van der Waals surface area contributed by atoms with Gasteiger partial charge in [-0.15, -0.1) is 0 Å². The van der Waals surface area contributed by atoms with E-state index < -0.39 is 0 Å². The van der Waals surface area contributed by atoms with Crippen molar-refractivity contribution >= 4 is 0 Å². The van der Waals surface area contributed by atoms with Gasteiger partial charge < -0.3 is 9.94 Å². The van der Waals surface area contributed by atoms with Crippen molar-refractivity contribution in [3.8, 4) is 0 Å². The molecular weight excluding hydrogens is 208 g/mol. The van der Waals surface area contributed by atoms with E-state index in [0.29, 0.717) is 17.8 Å². The van der Waals surface area contributed by atoms with Crippen molar-refractivity contribution in [2.45, 2.75) is 13.3 Å². The van der Waals surface area contributed by atoms with Crippen LogP contribution in [0.1, 0.15) is 11.4 Å². The second kappa shape index (κ2) is 5.18. The van der Waals surface area contributed by atoms with Gasteiger partial charge in [-0.1, -0.05) is 0 Å². The monoisotopic (exact) mass is 224 g/mol. The van der Waals surface area contributed by atoms with Gasteiger partial charge in [-0.3, -0.25) is 4.90 Å². The highest BCUT2D eigenvalue weighted by atomic mass is 16.5. The second-order valence-electron chi connectivity index (χ2n) is 3.89. The summed E-state index contributed by atoms with van der Waals surface area (Å²) in [5.74, 6) is 0. The van der Waals surface area contributed by atoms with Gasteiger partial charge in [0.05, 0.1) is 18.3 Å². The lowest BCUT2D eigenvalue weighted by Gasteiger charge is -2.26. The Hall–Kier alpha value is -1.27. The second-order valence-corrected chi connectivity index (χ2v) is 3.89. The van der Waals surface area contributed by atoms with Crippen LogP contribution >= 0.6 is 0 Å². The molecule has 0 N–H and O–H groups in total. The molecule has 1 aromatic heterocycles. The van der Waals surface area contributed by atoms with Crippen LogP contribution in [0.5, 0.6) is 0 Å². The van der Waals surface area contributed by atoms with Crippen LogP contribution in [-0.4, -0.2) is 47.9 Å². The molecule has 0 spiro atoms. The quantitative estimate of drug-likeness (QED) is 0.501. The molecule has 1 aliphatic heterocycles. The van der Waals surface area contributed by atoms with Gasteiger partial charge in [0.1, 0.15) is 11.4 Å². The first-order valence-corrected chi connectivity index (χ1v) is 5.48. The average molecular weight is 224 g/mol. The standard InChI is InChI=1S/C10H16N4O2/c1-9-10(14(15)8-11-12-9)2-3-13-4-6-16-7-5-13/h8H,2-7H2,1H3. The van der Waals surface area contributed by atoms with Crippen LogP contribution < -0.4 is 4.73 Å². The van der Waals surface area contributed by atoms with E-state index in [-0.39, 0.29) is 0 Å². The molecule has 0 aromatic carbocycles. The highest BCUT2D eigenvalue weighted by Crippen LogP contribution is 2.02. The van der Waals surface area contributed by atoms with Crippen molar-refractivity contribution in [1.82, 2.24) is 15.1 Å². The molecule has 2 rings (SSSR count). The Morgan fingerprint density at radius 1 is 1.50 bits per heavy atom. The predicted molar refractivity (Wildman–Crippen MR) is 56.7 cm³/mol. The molecule has 0 bridgehead atoms. The Balaban J connectivity index is 1.93. The summed E-state index contributed by atoms with van der Waals surface area (Å²) in [6.07, 6.45) is 1.92. The highest BCUT2D eigenvalue weighted by Gasteiger charge is 2.13. The Kier molecular flexibility index (Phi) is 3.63. The molecule has 2 heterocycles. The Bertz CT molecular complexity index is 332. The number of morpholine rings is 1. The van der Waals surface area contributed by atoms with Crippen LogP contribution in [0.3, 0.4) is 0 Å². The van der Waals surface area contributed by atoms with Gasteiger partial charge in [-0.25, -0.2) is 4.73 Å². The van der Waals surface area contributed by atoms with Gasteiger partial charge >= 0.3 is 6.33 Å². The maximum Gasteiger partial charge on any atom is 0.317 e. The lowest BCUT2D eigenvalue weighted by Crippen LogP contribution is -2.40. The summed E-state index contributed by atoms with van der Waals surface area (Å²) in [5.41, 5.74) is 1.42. The van der Waals surface area contributed by atoms with Gasteiger partial charge in [0, 0.05) is 26.1 Å². The van der Waals surface area contributed by atoms with Gasteiger partial charge in [0.15, 0.2) is 0 Å². The van der Waals surface area contributed by atoms with Crippen molar-refractivity contribution in [2.24, 2.45) is 0 Å². The highest BCUT2D eigenvalue weighted by molar-refractivity contribution is 5.01. The van der Waals surface area contributed by atoms with Crippen molar-refractivity contribution in [2.75, 3.05) is 32.8 Å². The molecule has 0 aliphatic carbocycles. The molecule has 1 aliphatic rings. The van der Waals surface area contributed by atoms with Crippen LogP contribution in [0.15, 0.2) is 6.33 Å². The van der Waals surface area contributed by atoms with Gasteiger partial charge in [0.25, 0.3) is 0 Å². The summed E-state index contributed by atoms with van der Waals surface area (Å²) in [6.45, 7) is 6.14. The van der Waals surface area contributed by atoms with Crippen LogP contribution in [-0.2, 0) is 11.2 Å². The fourth-order valence-corrected chi connectivity index (χ4v) is 1.83. The van der Waals surface area contributed by atoms with Gasteiger partial charge in [-0.05, 0) is 12.0 Å². The molecule has 6 heteroatoms. The number of ether oxygens (including phenoxy) is 1. The number of hydrogen-bond acceptors (Lipinski definition) is 5. The number of aromatic nitrogens is 3. The lowest BCUT2D eigenvalue weighted by molar-refractivity contribution is -0.618. The van der Waals surface area contributed by atoms with Gasteiger partial charge in [-0.2, -0.15) is 0 Å². The minimum absolute atomic E-state index is 0.710. The Labute approximate surface area is 94.4 Å². The van der Waals surface area contributed by atoms with E-state index in [2.05, 4.69) is 15.1 Å². The molecule has 1 aromatic rings. The number of hydrogen-bond donors (Lipinski definition) is 0. The number of rotatable bonds is 3.